The zero-order valence-corrected chi connectivity index (χ0v) is 16.1. The first-order chi connectivity index (χ1) is 12.0. The van der Waals surface area contributed by atoms with Gasteiger partial charge in [-0.15, -0.1) is 0 Å². The van der Waals surface area contributed by atoms with E-state index in [-0.39, 0.29) is 36.8 Å². The lowest BCUT2D eigenvalue weighted by molar-refractivity contribution is -0.306. The van der Waals surface area contributed by atoms with Crippen LogP contribution < -0.4 is 5.32 Å². The molecule has 0 radical (unpaired) electrons. The summed E-state index contributed by atoms with van der Waals surface area (Å²) in [6, 6.07) is 0. The minimum Gasteiger partial charge on any atom is -0.381 e. The third kappa shape index (κ3) is 5.60. The normalized spacial score (nSPS) is 42.5. The Morgan fingerprint density at radius 2 is 1.76 bits per heavy atom. The van der Waals surface area contributed by atoms with Gasteiger partial charge >= 0.3 is 0 Å². The Bertz CT molecular complexity index is 385. The molecule has 148 valence electrons. The number of hydrogen-bond donors (Lipinski definition) is 2. The van der Waals surface area contributed by atoms with Crippen molar-refractivity contribution in [1.29, 1.82) is 0 Å². The van der Waals surface area contributed by atoms with E-state index in [9.17, 15) is 5.11 Å². The number of methoxy groups -OCH3 is 2. The van der Waals surface area contributed by atoms with Crippen molar-refractivity contribution >= 4 is 0 Å². The Labute approximate surface area is 151 Å². The van der Waals surface area contributed by atoms with Gasteiger partial charge in [0.2, 0.25) is 0 Å². The summed E-state index contributed by atoms with van der Waals surface area (Å²) in [4.78, 5) is 0. The summed E-state index contributed by atoms with van der Waals surface area (Å²) in [6.45, 7) is 4.97. The maximum Gasteiger partial charge on any atom is 0.161 e. The third-order valence-corrected chi connectivity index (χ3v) is 5.39. The molecule has 0 aromatic heterocycles. The maximum atomic E-state index is 9.75. The monoisotopic (exact) mass is 361 g/mol. The van der Waals surface area contributed by atoms with E-state index in [4.69, 9.17) is 23.7 Å². The Morgan fingerprint density at radius 3 is 2.40 bits per heavy atom. The molecule has 2 heterocycles. The molecule has 0 saturated carbocycles. The van der Waals surface area contributed by atoms with E-state index in [0.29, 0.717) is 18.8 Å². The van der Waals surface area contributed by atoms with Gasteiger partial charge in [0.05, 0.1) is 24.4 Å². The van der Waals surface area contributed by atoms with Gasteiger partial charge in [-0.1, -0.05) is 0 Å². The molecule has 2 aliphatic rings. The molecule has 0 bridgehead atoms. The van der Waals surface area contributed by atoms with Crippen molar-refractivity contribution in [2.45, 2.75) is 82.6 Å². The van der Waals surface area contributed by atoms with E-state index >= 15 is 0 Å². The summed E-state index contributed by atoms with van der Waals surface area (Å²) in [5, 5.41) is 12.9. The Kier molecular flexibility index (Phi) is 8.54. The molecule has 2 rings (SSSR count). The van der Waals surface area contributed by atoms with Gasteiger partial charge in [-0.3, -0.25) is 0 Å². The van der Waals surface area contributed by atoms with Crippen molar-refractivity contribution in [2.75, 3.05) is 27.8 Å². The zero-order chi connectivity index (χ0) is 18.4. The predicted molar refractivity (Wildman–Crippen MR) is 93.2 cm³/mol. The van der Waals surface area contributed by atoms with Crippen molar-refractivity contribution < 1.29 is 28.8 Å². The largest absolute Gasteiger partial charge is 0.381 e. The fraction of sp³-hybridized carbons (Fsp3) is 1.00. The summed E-state index contributed by atoms with van der Waals surface area (Å²) in [5.41, 5.74) is 0. The Balaban J connectivity index is 1.94. The Hall–Kier alpha value is -0.280. The number of ether oxygens (including phenoxy) is 5. The second-order valence-electron chi connectivity index (χ2n) is 7.10. The van der Waals surface area contributed by atoms with Gasteiger partial charge in [0, 0.05) is 33.0 Å². The van der Waals surface area contributed by atoms with E-state index in [1.807, 2.05) is 14.0 Å². The van der Waals surface area contributed by atoms with Gasteiger partial charge in [0.15, 0.2) is 12.6 Å². The maximum absolute atomic E-state index is 9.75. The molecule has 4 unspecified atom stereocenters. The summed E-state index contributed by atoms with van der Waals surface area (Å²) >= 11 is 0. The second kappa shape index (κ2) is 10.2. The fourth-order valence-corrected chi connectivity index (χ4v) is 3.98. The first-order valence-corrected chi connectivity index (χ1v) is 9.34. The first-order valence-electron chi connectivity index (χ1n) is 9.34. The molecule has 25 heavy (non-hydrogen) atoms. The van der Waals surface area contributed by atoms with Crippen LogP contribution in [0.3, 0.4) is 0 Å². The highest BCUT2D eigenvalue weighted by Crippen LogP contribution is 2.33. The molecule has 0 aromatic rings. The van der Waals surface area contributed by atoms with Crippen LogP contribution in [0.2, 0.25) is 0 Å². The number of aliphatic hydroxyl groups excluding tert-OH is 1. The fourth-order valence-electron chi connectivity index (χ4n) is 3.98. The van der Waals surface area contributed by atoms with Crippen molar-refractivity contribution in [3.63, 3.8) is 0 Å². The molecule has 2 aliphatic heterocycles. The lowest BCUT2D eigenvalue weighted by atomic mass is 9.87. The van der Waals surface area contributed by atoms with Crippen molar-refractivity contribution in [3.8, 4) is 0 Å². The summed E-state index contributed by atoms with van der Waals surface area (Å²) in [6.07, 6.45) is 1.49. The smallest absolute Gasteiger partial charge is 0.161 e. The molecule has 7 heteroatoms. The topological polar surface area (TPSA) is 78.4 Å². The van der Waals surface area contributed by atoms with Crippen molar-refractivity contribution in [1.82, 2.24) is 5.32 Å². The van der Waals surface area contributed by atoms with Crippen LogP contribution in [0.4, 0.5) is 0 Å². The molecule has 0 aromatic carbocycles. The third-order valence-electron chi connectivity index (χ3n) is 5.39. The minimum absolute atomic E-state index is 0.0620. The SMILES string of the molecule is CNCCCC1[C@H](C)OC(OC2[C@H](C)OC(O)C[C@@H]2OC)C[C@@H]1OC. The summed E-state index contributed by atoms with van der Waals surface area (Å²) in [7, 11) is 5.35. The van der Waals surface area contributed by atoms with Gasteiger partial charge in [-0.2, -0.15) is 0 Å². The molecular weight excluding hydrogens is 326 g/mol. The lowest BCUT2D eigenvalue weighted by Crippen LogP contribution is -2.53. The molecule has 8 atom stereocenters. The van der Waals surface area contributed by atoms with Crippen LogP contribution in [-0.4, -0.2) is 76.0 Å². The minimum atomic E-state index is -0.811. The van der Waals surface area contributed by atoms with E-state index in [1.54, 1.807) is 14.2 Å². The summed E-state index contributed by atoms with van der Waals surface area (Å²) in [5.74, 6) is 0.360. The van der Waals surface area contributed by atoms with Gasteiger partial charge in [-0.25, -0.2) is 0 Å². The number of rotatable bonds is 8. The first kappa shape index (κ1) is 21.0. The quantitative estimate of drug-likeness (QED) is 0.631. The van der Waals surface area contributed by atoms with E-state index in [1.165, 1.54) is 0 Å². The second-order valence-corrected chi connectivity index (χ2v) is 7.10. The molecule has 2 fully saturated rings. The molecule has 7 nitrogen and oxygen atoms in total. The van der Waals surface area contributed by atoms with E-state index in [0.717, 1.165) is 19.4 Å². The lowest BCUT2D eigenvalue weighted by Gasteiger charge is -2.44. The van der Waals surface area contributed by atoms with Crippen LogP contribution in [0.5, 0.6) is 0 Å². The highest BCUT2D eigenvalue weighted by molar-refractivity contribution is 4.86. The average molecular weight is 361 g/mol. The van der Waals surface area contributed by atoms with E-state index in [2.05, 4.69) is 12.2 Å². The zero-order valence-electron chi connectivity index (χ0n) is 16.1. The molecule has 0 spiro atoms. The highest BCUT2D eigenvalue weighted by atomic mass is 16.7. The molecule has 0 aliphatic carbocycles. The van der Waals surface area contributed by atoms with Gasteiger partial charge in [0.1, 0.15) is 6.10 Å². The van der Waals surface area contributed by atoms with Crippen LogP contribution in [0.1, 0.15) is 39.5 Å². The standard InChI is InChI=1S/C18H35NO6/c1-11-13(7-6-8-19-3)14(21-4)10-17(24-11)25-18-12(2)23-16(20)9-15(18)22-5/h11-20H,6-10H2,1-5H3/t11-,12-,13?,14-,15-,16?,17?,18?/m0/s1. The molecular formula is C18H35NO6. The molecule has 2 N–H and O–H groups in total. The predicted octanol–water partition coefficient (Wildman–Crippen LogP) is 1.28. The van der Waals surface area contributed by atoms with Crippen LogP contribution in [0, 0.1) is 5.92 Å². The van der Waals surface area contributed by atoms with Crippen molar-refractivity contribution in [2.24, 2.45) is 5.92 Å². The number of nitrogens with one attached hydrogen (secondary N) is 1. The van der Waals surface area contributed by atoms with Crippen LogP contribution in [-0.2, 0) is 23.7 Å². The van der Waals surface area contributed by atoms with Crippen LogP contribution >= 0.6 is 0 Å². The van der Waals surface area contributed by atoms with Gasteiger partial charge < -0.3 is 34.1 Å². The number of aliphatic hydroxyl groups is 1. The van der Waals surface area contributed by atoms with Crippen molar-refractivity contribution in [3.05, 3.63) is 0 Å². The Morgan fingerprint density at radius 1 is 1.04 bits per heavy atom. The van der Waals surface area contributed by atoms with Gasteiger partial charge in [-0.05, 0) is 40.3 Å². The molecule has 2 saturated heterocycles. The highest BCUT2D eigenvalue weighted by Gasteiger charge is 2.42. The summed E-state index contributed by atoms with van der Waals surface area (Å²) < 4.78 is 29.1. The van der Waals surface area contributed by atoms with E-state index < -0.39 is 6.29 Å². The van der Waals surface area contributed by atoms with Crippen LogP contribution in [0.15, 0.2) is 0 Å². The number of hydrogen-bond acceptors (Lipinski definition) is 7. The average Bonchev–Trinajstić information content (AvgIpc) is 2.58. The van der Waals surface area contributed by atoms with Crippen LogP contribution in [0.25, 0.3) is 0 Å². The molecule has 0 amide bonds. The van der Waals surface area contributed by atoms with Gasteiger partial charge in [0.25, 0.3) is 0 Å².